The number of halogens is 4. The van der Waals surface area contributed by atoms with Gasteiger partial charge in [0.1, 0.15) is 5.75 Å². The summed E-state index contributed by atoms with van der Waals surface area (Å²) in [5.41, 5.74) is -0.0282. The zero-order valence-corrected chi connectivity index (χ0v) is 17.0. The van der Waals surface area contributed by atoms with Crippen LogP contribution in [0, 0.1) is 5.82 Å². The van der Waals surface area contributed by atoms with Crippen LogP contribution in [-0.2, 0) is 18.0 Å². The molecule has 0 aliphatic heterocycles. The smallest absolute Gasteiger partial charge is 0.417 e. The molecule has 3 aromatic rings. The van der Waals surface area contributed by atoms with Crippen LogP contribution in [0.4, 0.5) is 17.6 Å². The monoisotopic (exact) mass is 422 g/mol. The maximum absolute atomic E-state index is 14.1. The van der Waals surface area contributed by atoms with E-state index in [-0.39, 0.29) is 11.2 Å². The molecule has 0 saturated carbocycles. The Bertz CT molecular complexity index is 945. The summed E-state index contributed by atoms with van der Waals surface area (Å²) in [7, 11) is 0. The van der Waals surface area contributed by atoms with Crippen molar-refractivity contribution in [3.63, 3.8) is 0 Å². The highest BCUT2D eigenvalue weighted by molar-refractivity contribution is 7.10. The average Bonchev–Trinajstić information content (AvgIpc) is 3.17. The van der Waals surface area contributed by atoms with Crippen LogP contribution < -0.4 is 4.74 Å². The van der Waals surface area contributed by atoms with Gasteiger partial charge in [0.25, 0.3) is 0 Å². The molecule has 1 aromatic heterocycles. The summed E-state index contributed by atoms with van der Waals surface area (Å²) in [4.78, 5) is 0.719. The fourth-order valence-corrected chi connectivity index (χ4v) is 4.17. The zero-order chi connectivity index (χ0) is 21.1. The van der Waals surface area contributed by atoms with E-state index in [9.17, 15) is 17.6 Å². The predicted octanol–water partition coefficient (Wildman–Crippen LogP) is 8.00. The number of benzene rings is 2. The molecule has 0 radical (unpaired) electrons. The molecule has 0 aliphatic carbocycles. The molecular formula is C23H22F4OS. The van der Waals surface area contributed by atoms with Crippen molar-refractivity contribution in [2.24, 2.45) is 0 Å². The van der Waals surface area contributed by atoms with Gasteiger partial charge < -0.3 is 4.74 Å². The second kappa shape index (κ2) is 8.57. The number of hydrogen-bond donors (Lipinski definition) is 0. The highest BCUT2D eigenvalue weighted by Crippen LogP contribution is 2.39. The van der Waals surface area contributed by atoms with E-state index in [0.29, 0.717) is 12.2 Å². The highest BCUT2D eigenvalue weighted by atomic mass is 32.1. The molecule has 0 spiro atoms. The number of hydrogen-bond acceptors (Lipinski definition) is 2. The first kappa shape index (κ1) is 21.4. The molecule has 0 atom stereocenters. The first-order valence-electron chi connectivity index (χ1n) is 9.33. The first-order valence-corrected chi connectivity index (χ1v) is 10.2. The molecule has 0 unspecified atom stereocenters. The van der Waals surface area contributed by atoms with Gasteiger partial charge >= 0.3 is 6.18 Å². The van der Waals surface area contributed by atoms with Gasteiger partial charge in [0, 0.05) is 10.3 Å². The standard InChI is InChI=1S/C23H22F4OS/c1-22(2,21-14-17(15-29-21)23(25,26)27)12-6-7-16-10-11-19(24)20(13-16)28-18-8-4-3-5-9-18/h3-5,8-11,13-15H,6-7,12H2,1-2H3. The minimum absolute atomic E-state index is 0.168. The van der Waals surface area contributed by atoms with Gasteiger partial charge in [-0.15, -0.1) is 11.3 Å². The third-order valence-electron chi connectivity index (χ3n) is 4.83. The zero-order valence-electron chi connectivity index (χ0n) is 16.2. The van der Waals surface area contributed by atoms with E-state index in [0.717, 1.165) is 34.6 Å². The van der Waals surface area contributed by atoms with E-state index in [1.54, 1.807) is 24.3 Å². The molecule has 0 N–H and O–H groups in total. The molecule has 0 bridgehead atoms. The van der Waals surface area contributed by atoms with E-state index < -0.39 is 17.6 Å². The van der Waals surface area contributed by atoms with Gasteiger partial charge in [0.05, 0.1) is 5.56 Å². The predicted molar refractivity (Wildman–Crippen MR) is 108 cm³/mol. The highest BCUT2D eigenvalue weighted by Gasteiger charge is 2.33. The maximum atomic E-state index is 14.1. The summed E-state index contributed by atoms with van der Waals surface area (Å²) >= 11 is 1.15. The Hall–Kier alpha value is -2.34. The minimum atomic E-state index is -4.31. The first-order chi connectivity index (χ1) is 13.6. The van der Waals surface area contributed by atoms with E-state index in [4.69, 9.17) is 4.74 Å². The van der Waals surface area contributed by atoms with Crippen molar-refractivity contribution in [2.45, 2.75) is 44.7 Å². The van der Waals surface area contributed by atoms with E-state index in [1.807, 2.05) is 32.0 Å². The number of thiophene rings is 1. The van der Waals surface area contributed by atoms with Gasteiger partial charge in [-0.25, -0.2) is 4.39 Å². The Morgan fingerprint density at radius 3 is 2.34 bits per heavy atom. The van der Waals surface area contributed by atoms with Crippen molar-refractivity contribution in [1.29, 1.82) is 0 Å². The third kappa shape index (κ3) is 5.60. The topological polar surface area (TPSA) is 9.23 Å². The van der Waals surface area contributed by atoms with E-state index in [2.05, 4.69) is 0 Å². The minimum Gasteiger partial charge on any atom is -0.454 e. The average molecular weight is 422 g/mol. The van der Waals surface area contributed by atoms with Crippen molar-refractivity contribution in [1.82, 2.24) is 0 Å². The van der Waals surface area contributed by atoms with Crippen LogP contribution in [0.3, 0.4) is 0 Å². The number of rotatable bonds is 7. The molecule has 29 heavy (non-hydrogen) atoms. The van der Waals surface area contributed by atoms with Crippen LogP contribution in [0.2, 0.25) is 0 Å². The van der Waals surface area contributed by atoms with Gasteiger partial charge in [0.15, 0.2) is 11.6 Å². The summed E-state index contributed by atoms with van der Waals surface area (Å²) in [5, 5.41) is 1.17. The SMILES string of the molecule is CC(C)(CCCc1ccc(F)c(Oc2ccccc2)c1)c1cc(C(F)(F)F)cs1. The summed E-state index contributed by atoms with van der Waals surface area (Å²) in [6.45, 7) is 3.90. The molecule has 1 heterocycles. The van der Waals surface area contributed by atoms with Gasteiger partial charge in [-0.1, -0.05) is 38.1 Å². The van der Waals surface area contributed by atoms with Crippen LogP contribution >= 0.6 is 11.3 Å². The lowest BCUT2D eigenvalue weighted by molar-refractivity contribution is -0.137. The Morgan fingerprint density at radius 2 is 1.69 bits per heavy atom. The molecule has 0 amide bonds. The van der Waals surface area contributed by atoms with Crippen LogP contribution in [0.5, 0.6) is 11.5 Å². The van der Waals surface area contributed by atoms with Gasteiger partial charge in [-0.05, 0) is 60.6 Å². The van der Waals surface area contributed by atoms with Crippen molar-refractivity contribution in [3.8, 4) is 11.5 Å². The van der Waals surface area contributed by atoms with Gasteiger partial charge in [-0.2, -0.15) is 13.2 Å². The molecule has 2 aromatic carbocycles. The Morgan fingerprint density at radius 1 is 0.966 bits per heavy atom. The lowest BCUT2D eigenvalue weighted by Crippen LogP contribution is -2.16. The molecule has 0 saturated heterocycles. The second-order valence-electron chi connectivity index (χ2n) is 7.61. The summed E-state index contributed by atoms with van der Waals surface area (Å²) in [6.07, 6.45) is -2.14. The summed E-state index contributed by atoms with van der Waals surface area (Å²) < 4.78 is 58.3. The fourth-order valence-electron chi connectivity index (χ4n) is 3.09. The Kier molecular flexibility index (Phi) is 6.32. The van der Waals surface area contributed by atoms with Crippen LogP contribution in [0.25, 0.3) is 0 Å². The Labute approximate surface area is 172 Å². The van der Waals surface area contributed by atoms with Crippen LogP contribution in [0.1, 0.15) is 42.7 Å². The maximum Gasteiger partial charge on any atom is 0.417 e. The third-order valence-corrected chi connectivity index (χ3v) is 6.12. The number of alkyl halides is 3. The normalized spacial score (nSPS) is 12.2. The van der Waals surface area contributed by atoms with Crippen LogP contribution in [0.15, 0.2) is 60.0 Å². The van der Waals surface area contributed by atoms with Crippen molar-refractivity contribution >= 4 is 11.3 Å². The molecule has 154 valence electrons. The van der Waals surface area contributed by atoms with Gasteiger partial charge in [-0.3, -0.25) is 0 Å². The van der Waals surface area contributed by atoms with Crippen molar-refractivity contribution < 1.29 is 22.3 Å². The van der Waals surface area contributed by atoms with E-state index >= 15 is 0 Å². The largest absolute Gasteiger partial charge is 0.454 e. The number of para-hydroxylation sites is 1. The Balaban J connectivity index is 1.62. The fraction of sp³-hybridized carbons (Fsp3) is 0.304. The lowest BCUT2D eigenvalue weighted by atomic mass is 9.84. The molecule has 6 heteroatoms. The van der Waals surface area contributed by atoms with Crippen LogP contribution in [-0.4, -0.2) is 0 Å². The summed E-state index contributed by atoms with van der Waals surface area (Å²) in [5.74, 6) is 0.292. The molecule has 3 rings (SSSR count). The quantitative estimate of drug-likeness (QED) is 0.351. The number of aryl methyl sites for hydroxylation is 1. The molecular weight excluding hydrogens is 400 g/mol. The number of ether oxygens (including phenoxy) is 1. The van der Waals surface area contributed by atoms with Crippen molar-refractivity contribution in [3.05, 3.63) is 81.8 Å². The van der Waals surface area contributed by atoms with Gasteiger partial charge in [0.2, 0.25) is 0 Å². The molecule has 1 nitrogen and oxygen atoms in total. The molecule has 0 aliphatic rings. The second-order valence-corrected chi connectivity index (χ2v) is 8.53. The lowest BCUT2D eigenvalue weighted by Gasteiger charge is -2.23. The van der Waals surface area contributed by atoms with Crippen molar-refractivity contribution in [2.75, 3.05) is 0 Å². The molecule has 0 fully saturated rings. The summed E-state index contributed by atoms with van der Waals surface area (Å²) in [6, 6.07) is 15.0. The van der Waals surface area contributed by atoms with E-state index in [1.165, 1.54) is 17.5 Å².